The molecule has 7 aromatic rings. The number of halogens is 1. The van der Waals surface area contributed by atoms with Crippen molar-refractivity contribution in [2.24, 2.45) is 0 Å². The van der Waals surface area contributed by atoms with Crippen LogP contribution in [0.5, 0.6) is 0 Å². The average Bonchev–Trinajstić information content (AvgIpc) is 3.50. The number of nitrogens with zero attached hydrogens (tertiary/aromatic N) is 2. The smallest absolute Gasteiger partial charge is 0.0541 e. The molecule has 0 fully saturated rings. The van der Waals surface area contributed by atoms with Crippen molar-refractivity contribution < 1.29 is 0 Å². The molecule has 0 aliphatic heterocycles. The highest BCUT2D eigenvalue weighted by atomic mass is 79.9. The summed E-state index contributed by atoms with van der Waals surface area (Å²) in [6, 6.07) is 35.2. The van der Waals surface area contributed by atoms with Gasteiger partial charge in [-0.3, -0.25) is 0 Å². The third kappa shape index (κ3) is 5.82. The van der Waals surface area contributed by atoms with Crippen LogP contribution >= 0.6 is 15.9 Å². The molecular formula is C46H51BrN2. The van der Waals surface area contributed by atoms with Crippen molar-refractivity contribution >= 4 is 59.5 Å². The van der Waals surface area contributed by atoms with Gasteiger partial charge in [-0.15, -0.1) is 0 Å². The van der Waals surface area contributed by atoms with E-state index in [9.17, 15) is 0 Å². The minimum Gasteiger partial charge on any atom is -0.309 e. The normalized spacial score (nSPS) is 13.4. The van der Waals surface area contributed by atoms with E-state index in [1.807, 2.05) is 0 Å². The third-order valence-corrected chi connectivity index (χ3v) is 10.8. The summed E-state index contributed by atoms with van der Waals surface area (Å²) in [6.07, 6.45) is 0. The van der Waals surface area contributed by atoms with Gasteiger partial charge in [-0.2, -0.15) is 0 Å². The summed E-state index contributed by atoms with van der Waals surface area (Å²) in [5.41, 5.74) is 12.8. The number of rotatable bonds is 2. The lowest BCUT2D eigenvalue weighted by atomic mass is 9.85. The van der Waals surface area contributed by atoms with Gasteiger partial charge in [0, 0.05) is 37.4 Å². The van der Waals surface area contributed by atoms with Gasteiger partial charge < -0.3 is 9.13 Å². The molecule has 2 nitrogen and oxygen atoms in total. The molecule has 252 valence electrons. The van der Waals surface area contributed by atoms with Crippen molar-refractivity contribution in [2.45, 2.75) is 105 Å². The van der Waals surface area contributed by atoms with Gasteiger partial charge in [-0.05, 0) is 111 Å². The van der Waals surface area contributed by atoms with Gasteiger partial charge in [0.15, 0.2) is 0 Å². The Kier molecular flexibility index (Phi) is 7.62. The second-order valence-corrected chi connectivity index (χ2v) is 19.2. The number of hydrogen-bond acceptors (Lipinski definition) is 0. The highest BCUT2D eigenvalue weighted by Crippen LogP contribution is 2.41. The van der Waals surface area contributed by atoms with Crippen LogP contribution in [0.3, 0.4) is 0 Å². The van der Waals surface area contributed by atoms with Crippen molar-refractivity contribution in [1.29, 1.82) is 0 Å². The van der Waals surface area contributed by atoms with E-state index in [0.717, 1.165) is 15.8 Å². The summed E-state index contributed by atoms with van der Waals surface area (Å²) < 4.78 is 5.97. The largest absolute Gasteiger partial charge is 0.309 e. The Morgan fingerprint density at radius 3 is 0.816 bits per heavy atom. The van der Waals surface area contributed by atoms with E-state index in [-0.39, 0.29) is 21.7 Å². The first kappa shape index (κ1) is 33.7. The molecule has 0 N–H and O–H groups in total. The summed E-state index contributed by atoms with van der Waals surface area (Å²) in [7, 11) is 0. The zero-order valence-electron chi connectivity index (χ0n) is 31.4. The van der Waals surface area contributed by atoms with Crippen molar-refractivity contribution in [1.82, 2.24) is 9.13 Å². The lowest BCUT2D eigenvalue weighted by Crippen LogP contribution is -2.10. The number of fused-ring (bicyclic) bond motifs is 6. The first-order chi connectivity index (χ1) is 22.7. The molecule has 0 radical (unpaired) electrons. The molecule has 0 saturated carbocycles. The van der Waals surface area contributed by atoms with Crippen LogP contribution in [0.15, 0.2) is 95.5 Å². The van der Waals surface area contributed by atoms with Crippen LogP contribution in [0.4, 0.5) is 0 Å². The van der Waals surface area contributed by atoms with Gasteiger partial charge in [0.2, 0.25) is 0 Å². The Balaban J connectivity index is 1.54. The minimum absolute atomic E-state index is 0.0590. The standard InChI is InChI=1S/C46H51BrN2/c1-43(2,3)28-13-17-39-35(21-28)36-22-29(44(4,5)6)14-18-40(36)48(39)33-25-32(47)26-34(27-33)49-41-19-15-30(45(7,8)9)23-37(41)38-24-31(46(10,11)12)16-20-42(38)49/h13-27H,1-12H3. The van der Waals surface area contributed by atoms with Crippen LogP contribution in [-0.4, -0.2) is 9.13 Å². The Morgan fingerprint density at radius 1 is 0.347 bits per heavy atom. The first-order valence-corrected chi connectivity index (χ1v) is 18.5. The molecule has 0 unspecified atom stereocenters. The van der Waals surface area contributed by atoms with Gasteiger partial charge >= 0.3 is 0 Å². The lowest BCUT2D eigenvalue weighted by Gasteiger charge is -2.19. The van der Waals surface area contributed by atoms with E-state index >= 15 is 0 Å². The zero-order valence-corrected chi connectivity index (χ0v) is 33.0. The van der Waals surface area contributed by atoms with E-state index in [0.29, 0.717) is 0 Å². The molecule has 7 rings (SSSR count). The second kappa shape index (κ2) is 11.1. The van der Waals surface area contributed by atoms with Crippen molar-refractivity contribution in [3.63, 3.8) is 0 Å². The molecule has 2 heterocycles. The van der Waals surface area contributed by atoms with E-state index < -0.39 is 0 Å². The molecular weight excluding hydrogens is 660 g/mol. The quantitative estimate of drug-likeness (QED) is 0.169. The Morgan fingerprint density at radius 2 is 0.592 bits per heavy atom. The van der Waals surface area contributed by atoms with E-state index in [2.05, 4.69) is 199 Å². The van der Waals surface area contributed by atoms with Gasteiger partial charge in [0.1, 0.15) is 0 Å². The predicted molar refractivity (Wildman–Crippen MR) is 218 cm³/mol. The molecule has 0 atom stereocenters. The minimum atomic E-state index is 0.0590. The fraction of sp³-hybridized carbons (Fsp3) is 0.348. The fourth-order valence-electron chi connectivity index (χ4n) is 7.29. The summed E-state index contributed by atoms with van der Waals surface area (Å²) in [4.78, 5) is 0. The number of hydrogen-bond donors (Lipinski definition) is 0. The predicted octanol–water partition coefficient (Wildman–Crippen LogP) is 13.8. The summed E-state index contributed by atoms with van der Waals surface area (Å²) in [5, 5.41) is 5.21. The highest BCUT2D eigenvalue weighted by Gasteiger charge is 2.24. The Labute approximate surface area is 301 Å². The van der Waals surface area contributed by atoms with Crippen LogP contribution < -0.4 is 0 Å². The Hall–Kier alpha value is -3.82. The SMILES string of the molecule is CC(C)(C)c1ccc2c(c1)c1cc(C(C)(C)C)ccc1n2-c1cc(Br)cc(-n2c3ccc(C(C)(C)C)cc3c3cc(C(C)(C)C)ccc32)c1. The molecule has 0 aliphatic carbocycles. The van der Waals surface area contributed by atoms with Crippen LogP contribution in [-0.2, 0) is 21.7 Å². The second-order valence-electron chi connectivity index (χ2n) is 18.3. The lowest BCUT2D eigenvalue weighted by molar-refractivity contribution is 0.590. The van der Waals surface area contributed by atoms with Gasteiger partial charge in [0.25, 0.3) is 0 Å². The molecule has 0 saturated heterocycles. The summed E-state index contributed by atoms with van der Waals surface area (Å²) in [5.74, 6) is 0. The summed E-state index contributed by atoms with van der Waals surface area (Å²) >= 11 is 3.96. The molecule has 0 aliphatic rings. The topological polar surface area (TPSA) is 9.86 Å². The van der Waals surface area contributed by atoms with Crippen LogP contribution in [0.25, 0.3) is 55.0 Å². The molecule has 2 aromatic heterocycles. The van der Waals surface area contributed by atoms with E-state index in [1.165, 1.54) is 65.9 Å². The van der Waals surface area contributed by atoms with Crippen LogP contribution in [0.2, 0.25) is 0 Å². The molecule has 0 spiro atoms. The monoisotopic (exact) mass is 710 g/mol. The van der Waals surface area contributed by atoms with Crippen LogP contribution in [0.1, 0.15) is 105 Å². The maximum Gasteiger partial charge on any atom is 0.0541 e. The zero-order chi connectivity index (χ0) is 35.4. The molecule has 0 amide bonds. The maximum absolute atomic E-state index is 3.96. The Bertz CT molecular complexity index is 2110. The number of aromatic nitrogens is 2. The summed E-state index contributed by atoms with van der Waals surface area (Å²) in [6.45, 7) is 27.6. The molecule has 5 aromatic carbocycles. The number of benzene rings is 5. The average molecular weight is 712 g/mol. The van der Waals surface area contributed by atoms with Gasteiger partial charge in [0.05, 0.1) is 22.1 Å². The molecule has 0 bridgehead atoms. The van der Waals surface area contributed by atoms with E-state index in [4.69, 9.17) is 0 Å². The first-order valence-electron chi connectivity index (χ1n) is 17.7. The highest BCUT2D eigenvalue weighted by molar-refractivity contribution is 9.10. The molecule has 3 heteroatoms. The third-order valence-electron chi connectivity index (χ3n) is 10.4. The van der Waals surface area contributed by atoms with Crippen molar-refractivity contribution in [2.75, 3.05) is 0 Å². The maximum atomic E-state index is 3.96. The van der Waals surface area contributed by atoms with Crippen LogP contribution in [0, 0.1) is 0 Å². The van der Waals surface area contributed by atoms with Crippen molar-refractivity contribution in [3.05, 3.63) is 118 Å². The van der Waals surface area contributed by atoms with Crippen molar-refractivity contribution in [3.8, 4) is 11.4 Å². The van der Waals surface area contributed by atoms with Gasteiger partial charge in [-0.25, -0.2) is 0 Å². The molecule has 49 heavy (non-hydrogen) atoms. The van der Waals surface area contributed by atoms with E-state index in [1.54, 1.807) is 0 Å². The fourth-order valence-corrected chi connectivity index (χ4v) is 7.76. The van der Waals surface area contributed by atoms with Gasteiger partial charge in [-0.1, -0.05) is 123 Å².